The summed E-state index contributed by atoms with van der Waals surface area (Å²) >= 11 is 0. The highest BCUT2D eigenvalue weighted by Gasteiger charge is 2.38. The van der Waals surface area contributed by atoms with Gasteiger partial charge in [-0.3, -0.25) is 4.90 Å². The molecule has 0 spiro atoms. The lowest BCUT2D eigenvalue weighted by Gasteiger charge is -2.30. The molecule has 1 fully saturated rings. The molecular weight excluding hydrogens is 212 g/mol. The Hall–Kier alpha value is -0.800. The van der Waals surface area contributed by atoms with Crippen molar-refractivity contribution < 1.29 is 4.42 Å². The fraction of sp³-hybridized carbons (Fsp3) is 0.714. The molecule has 0 amide bonds. The van der Waals surface area contributed by atoms with E-state index in [1.54, 1.807) is 0 Å². The summed E-state index contributed by atoms with van der Waals surface area (Å²) in [7, 11) is 2.03. The molecule has 2 rings (SSSR count). The van der Waals surface area contributed by atoms with Crippen molar-refractivity contribution in [2.45, 2.75) is 39.3 Å². The molecule has 2 unspecified atom stereocenters. The van der Waals surface area contributed by atoms with Crippen LogP contribution in [-0.4, -0.2) is 31.1 Å². The average Bonchev–Trinajstić information content (AvgIpc) is 2.84. The molecule has 0 aliphatic carbocycles. The van der Waals surface area contributed by atoms with Gasteiger partial charge in [-0.2, -0.15) is 0 Å². The molecule has 2 heterocycles. The number of nitrogens with zero attached hydrogens (tertiary/aromatic N) is 1. The van der Waals surface area contributed by atoms with Gasteiger partial charge in [0.1, 0.15) is 5.76 Å². The third-order valence-electron chi connectivity index (χ3n) is 3.86. The topological polar surface area (TPSA) is 28.4 Å². The van der Waals surface area contributed by atoms with Gasteiger partial charge in [-0.05, 0) is 64.9 Å². The minimum absolute atomic E-state index is 0.442. The Bertz CT molecular complexity index is 359. The summed E-state index contributed by atoms with van der Waals surface area (Å²) in [4.78, 5) is 2.56. The molecule has 3 heteroatoms. The van der Waals surface area contributed by atoms with Gasteiger partial charge < -0.3 is 9.73 Å². The Kier molecular flexibility index (Phi) is 3.89. The number of hydrogen-bond donors (Lipinski definition) is 1. The van der Waals surface area contributed by atoms with Crippen molar-refractivity contribution >= 4 is 0 Å². The van der Waals surface area contributed by atoms with Crippen LogP contribution in [0, 0.1) is 12.8 Å². The SMILES string of the molecule is CNCC1CCN(C(C)C)C1c1occc1C. The van der Waals surface area contributed by atoms with E-state index in [0.29, 0.717) is 18.0 Å². The van der Waals surface area contributed by atoms with Gasteiger partial charge in [0.2, 0.25) is 0 Å². The van der Waals surface area contributed by atoms with Crippen LogP contribution in [0.4, 0.5) is 0 Å². The molecule has 1 aromatic heterocycles. The number of likely N-dealkylation sites (tertiary alicyclic amines) is 1. The van der Waals surface area contributed by atoms with Crippen LogP contribution in [0.3, 0.4) is 0 Å². The van der Waals surface area contributed by atoms with Crippen molar-refractivity contribution in [3.8, 4) is 0 Å². The number of aryl methyl sites for hydroxylation is 1. The van der Waals surface area contributed by atoms with Crippen LogP contribution in [0.1, 0.15) is 37.6 Å². The summed E-state index contributed by atoms with van der Waals surface area (Å²) in [5, 5.41) is 3.31. The average molecular weight is 236 g/mol. The molecular formula is C14H24N2O. The van der Waals surface area contributed by atoms with Gasteiger partial charge in [0.15, 0.2) is 0 Å². The molecule has 3 nitrogen and oxygen atoms in total. The van der Waals surface area contributed by atoms with Gasteiger partial charge in [0, 0.05) is 6.04 Å². The zero-order valence-corrected chi connectivity index (χ0v) is 11.4. The molecule has 1 aromatic rings. The third kappa shape index (κ3) is 2.40. The monoisotopic (exact) mass is 236 g/mol. The fourth-order valence-electron chi connectivity index (χ4n) is 2.99. The summed E-state index contributed by atoms with van der Waals surface area (Å²) in [5.74, 6) is 1.82. The van der Waals surface area contributed by atoms with E-state index >= 15 is 0 Å². The van der Waals surface area contributed by atoms with E-state index in [-0.39, 0.29) is 0 Å². The van der Waals surface area contributed by atoms with E-state index in [0.717, 1.165) is 12.3 Å². The molecule has 1 saturated heterocycles. The van der Waals surface area contributed by atoms with Crippen molar-refractivity contribution in [1.29, 1.82) is 0 Å². The van der Waals surface area contributed by atoms with E-state index < -0.39 is 0 Å². The van der Waals surface area contributed by atoms with Crippen LogP contribution in [0.25, 0.3) is 0 Å². The normalized spacial score (nSPS) is 25.9. The molecule has 0 aromatic carbocycles. The Balaban J connectivity index is 2.26. The van der Waals surface area contributed by atoms with Gasteiger partial charge in [-0.1, -0.05) is 0 Å². The van der Waals surface area contributed by atoms with E-state index in [2.05, 4.69) is 37.1 Å². The summed E-state index contributed by atoms with van der Waals surface area (Å²) in [5.41, 5.74) is 1.28. The fourth-order valence-corrected chi connectivity index (χ4v) is 2.99. The van der Waals surface area contributed by atoms with Crippen molar-refractivity contribution in [2.24, 2.45) is 5.92 Å². The maximum Gasteiger partial charge on any atom is 0.124 e. The minimum atomic E-state index is 0.442. The highest BCUT2D eigenvalue weighted by molar-refractivity contribution is 5.20. The molecule has 0 radical (unpaired) electrons. The second kappa shape index (κ2) is 5.23. The van der Waals surface area contributed by atoms with Crippen molar-refractivity contribution in [1.82, 2.24) is 10.2 Å². The molecule has 0 saturated carbocycles. The Labute approximate surface area is 104 Å². The Morgan fingerprint density at radius 2 is 2.29 bits per heavy atom. The molecule has 2 atom stereocenters. The van der Waals surface area contributed by atoms with Crippen LogP contribution in [0.5, 0.6) is 0 Å². The van der Waals surface area contributed by atoms with E-state index in [1.165, 1.54) is 18.5 Å². The quantitative estimate of drug-likeness (QED) is 0.871. The summed E-state index contributed by atoms with van der Waals surface area (Å²) < 4.78 is 5.74. The van der Waals surface area contributed by atoms with Crippen LogP contribution in [0.15, 0.2) is 16.7 Å². The lowest BCUT2D eigenvalue weighted by Crippen LogP contribution is -2.34. The molecule has 96 valence electrons. The summed E-state index contributed by atoms with van der Waals surface area (Å²) in [6.07, 6.45) is 3.07. The van der Waals surface area contributed by atoms with Gasteiger partial charge in [-0.25, -0.2) is 0 Å². The zero-order chi connectivity index (χ0) is 12.4. The van der Waals surface area contributed by atoms with Gasteiger partial charge in [-0.15, -0.1) is 0 Å². The van der Waals surface area contributed by atoms with Crippen LogP contribution in [0.2, 0.25) is 0 Å². The number of furan rings is 1. The van der Waals surface area contributed by atoms with Crippen molar-refractivity contribution in [3.63, 3.8) is 0 Å². The predicted octanol–water partition coefficient (Wildman–Crippen LogP) is 2.58. The smallest absolute Gasteiger partial charge is 0.124 e. The summed E-state index contributed by atoms with van der Waals surface area (Å²) in [6, 6.07) is 3.09. The first-order valence-corrected chi connectivity index (χ1v) is 6.59. The highest BCUT2D eigenvalue weighted by Crippen LogP contribution is 2.39. The standard InChI is InChI=1S/C14H24N2O/c1-10(2)16-7-5-12(9-15-4)13(16)14-11(3)6-8-17-14/h6,8,10,12-13,15H,5,7,9H2,1-4H3. The second-order valence-electron chi connectivity index (χ2n) is 5.35. The first-order chi connectivity index (χ1) is 8.15. The zero-order valence-electron chi connectivity index (χ0n) is 11.4. The first-order valence-electron chi connectivity index (χ1n) is 6.59. The number of nitrogens with one attached hydrogen (secondary N) is 1. The van der Waals surface area contributed by atoms with Crippen molar-refractivity contribution in [3.05, 3.63) is 23.7 Å². The molecule has 17 heavy (non-hydrogen) atoms. The summed E-state index contributed by atoms with van der Waals surface area (Å²) in [6.45, 7) is 8.93. The van der Waals surface area contributed by atoms with Gasteiger partial charge in [0.25, 0.3) is 0 Å². The molecule has 0 bridgehead atoms. The maximum absolute atomic E-state index is 5.74. The second-order valence-corrected chi connectivity index (χ2v) is 5.35. The maximum atomic E-state index is 5.74. The van der Waals surface area contributed by atoms with E-state index in [4.69, 9.17) is 4.42 Å². The van der Waals surface area contributed by atoms with Crippen LogP contribution in [-0.2, 0) is 0 Å². The number of hydrogen-bond acceptors (Lipinski definition) is 3. The van der Waals surface area contributed by atoms with Gasteiger partial charge >= 0.3 is 0 Å². The van der Waals surface area contributed by atoms with E-state index in [1.807, 2.05) is 13.3 Å². The Morgan fingerprint density at radius 1 is 1.53 bits per heavy atom. The Morgan fingerprint density at radius 3 is 2.82 bits per heavy atom. The van der Waals surface area contributed by atoms with Crippen molar-refractivity contribution in [2.75, 3.05) is 20.1 Å². The molecule has 1 aliphatic rings. The van der Waals surface area contributed by atoms with Gasteiger partial charge in [0.05, 0.1) is 12.3 Å². The number of rotatable bonds is 4. The third-order valence-corrected chi connectivity index (χ3v) is 3.86. The van der Waals surface area contributed by atoms with Crippen LogP contribution >= 0.6 is 0 Å². The lowest BCUT2D eigenvalue weighted by atomic mass is 9.96. The van der Waals surface area contributed by atoms with Crippen LogP contribution < -0.4 is 5.32 Å². The lowest BCUT2D eigenvalue weighted by molar-refractivity contribution is 0.159. The predicted molar refractivity (Wildman–Crippen MR) is 70.1 cm³/mol. The highest BCUT2D eigenvalue weighted by atomic mass is 16.3. The molecule has 1 N–H and O–H groups in total. The van der Waals surface area contributed by atoms with E-state index in [9.17, 15) is 0 Å². The first kappa shape index (κ1) is 12.7. The largest absolute Gasteiger partial charge is 0.467 e. The molecule has 1 aliphatic heterocycles. The minimum Gasteiger partial charge on any atom is -0.467 e.